The standard InChI is InChI=1S/C113H117IOS/c1-9-19-26-27(19)31(26)96(115)93-89-85-81(112(85,89)93)80-84-88-92(111(80,84)88)95(114)91-87-83-79(110(83,87)91)76-67-55-41(107(55,67)76)18(8)39-53-65-74(105(39,53)65)73-64-52-38(104(52,64)73)17(7)37-51-63-72(103(37,51)63)71-62-50-35(102(50,62)71)15(5)33-47-59-45(100(33,47)59)30-28-25(29(28)30)13(3)97(116)94-90-86-82(113(86,90)94)77-68-49-34(108(49,68)77)14(4)32-46-56-42(99(32,46)56)22-11-20(22)21-12-23(21)43-57-69-78(109(43,57)69)75-66-54-40(106(54,66)75)16(6)36-48-61-70(101(36,48)61)60-58-44-24(10-2)98(44,58)60/h12-22,24-97,115-116H,9-11H2,1-8H3. The summed E-state index contributed by atoms with van der Waals surface area (Å²) >= 11 is 8.84. The fourth-order valence-electron chi connectivity index (χ4n) is 65.5. The second-order valence-electron chi connectivity index (χ2n) is 64.5. The highest BCUT2D eigenvalue weighted by Crippen LogP contribution is 3.26. The maximum absolute atomic E-state index is 11.4. The molecule has 54 aliphatic rings. The lowest BCUT2D eigenvalue weighted by atomic mass is 9.84. The second kappa shape index (κ2) is 12.1. The van der Waals surface area contributed by atoms with Crippen LogP contribution in [0.15, 0.2) is 11.6 Å². The molecule has 588 valence electrons. The molecular formula is C113H117IOS. The fraction of sp³-hybridized carbons (Fsp3) is 0.982. The SMILES string of the molecule is CCC1C2C(C(O)C3C4C5C(C6C7C8C(C(I)C9C%10C%11C(C%12C%13C%14C(C(C)C%15C%16C%17C(C%18C%19C%20C(C(C)C%21C%22C%23C(C%24C%25C%26C(C(C)C%27C%28C%29C(C%30C%31C(C(C)C(S)C%32C%33C%34C(C%35C%36C%37C(C(C)C%38C%39C%40C(C%41CC%41C%41C=C%41C%41C%42C%43C(C%44C%45C%46C(C(C)C%47C%48C%49C(C%50C%51C%52C(CC)C%52%51%50)C%47%48%49)C%44%46%45)C%41%42%43)C%38%39%40)C%37%36%35)C%32%33%34)C%31%30)C%27%28%29)C%26%25%24)C%21%22%23)C%20%19%18)C%15%16%17)C%14%13%12)C9%10%11)C867)C345)C12. The summed E-state index contributed by atoms with van der Waals surface area (Å²) < 4.78 is 1.08. The Hall–Kier alpha value is 0.780. The molecular weight excluding hydrogens is 1530 g/mol. The number of thiol groups is 1. The van der Waals surface area contributed by atoms with Crippen molar-refractivity contribution in [3.8, 4) is 0 Å². The van der Waals surface area contributed by atoms with E-state index in [0.29, 0.717) is 0 Å². The van der Waals surface area contributed by atoms with Crippen molar-refractivity contribution in [1.29, 1.82) is 0 Å². The highest BCUT2D eigenvalue weighted by Gasteiger charge is 3.24. The first-order valence-corrected chi connectivity index (χ1v) is 57.3. The molecule has 53 saturated carbocycles. The zero-order chi connectivity index (χ0) is 70.9. The van der Waals surface area contributed by atoms with E-state index in [2.05, 4.69) is 89.6 Å². The molecule has 3 heteroatoms. The Morgan fingerprint density at radius 1 is 0.302 bits per heavy atom. The Balaban J connectivity index is 0.201. The van der Waals surface area contributed by atoms with Crippen LogP contribution in [0.3, 0.4) is 0 Å². The minimum atomic E-state index is 0.138. The van der Waals surface area contributed by atoms with E-state index in [9.17, 15) is 5.11 Å². The van der Waals surface area contributed by atoms with Gasteiger partial charge in [-0.15, -0.1) is 0 Å². The van der Waals surface area contributed by atoms with Crippen LogP contribution in [-0.4, -0.2) is 20.4 Å². The predicted octanol–water partition coefficient (Wildman–Crippen LogP) is 16.1. The van der Waals surface area contributed by atoms with Crippen molar-refractivity contribution in [3.05, 3.63) is 11.6 Å². The molecule has 1 nitrogen and oxygen atoms in total. The third-order valence-electron chi connectivity index (χ3n) is 69.8. The molecule has 0 saturated heterocycles. The smallest absolute Gasteiger partial charge is 0.0610 e. The van der Waals surface area contributed by atoms with Gasteiger partial charge in [0.25, 0.3) is 0 Å². The monoisotopic (exact) mass is 1650 g/mol. The lowest BCUT2D eigenvalue weighted by Gasteiger charge is -2.26. The molecule has 0 bridgehead atoms. The number of allylic oxidation sites excluding steroid dienone is 2. The van der Waals surface area contributed by atoms with Crippen LogP contribution >= 0.6 is 35.2 Å². The van der Waals surface area contributed by atoms with Gasteiger partial charge in [0.2, 0.25) is 0 Å². The molecule has 54 aliphatic carbocycles. The molecule has 0 radical (unpaired) electrons. The molecule has 0 aromatic rings. The normalized spacial score (nSPS) is 102. The average Bonchev–Trinajstić information content (AvgIpc) is 1.33. The van der Waals surface area contributed by atoms with Crippen molar-refractivity contribution in [2.45, 2.75) is 89.9 Å². The summed E-state index contributed by atoms with van der Waals surface area (Å²) in [5.41, 5.74) is 17.6. The van der Waals surface area contributed by atoms with Crippen LogP contribution in [0.4, 0.5) is 0 Å². The minimum Gasteiger partial charge on any atom is -0.392 e. The molecule has 0 aromatic carbocycles. The zero-order valence-corrected chi connectivity index (χ0v) is 72.0. The van der Waals surface area contributed by atoms with Crippen molar-refractivity contribution < 1.29 is 5.11 Å². The highest BCUT2D eigenvalue weighted by molar-refractivity contribution is 14.1. The quantitative estimate of drug-likeness (QED) is 0.0318. The third kappa shape index (κ3) is 3.62. The second-order valence-corrected chi connectivity index (χ2v) is 66.6. The summed E-state index contributed by atoms with van der Waals surface area (Å²) in [4.78, 5) is 0. The zero-order valence-electron chi connectivity index (χ0n) is 69.0. The van der Waals surface area contributed by atoms with Crippen LogP contribution in [0.5, 0.6) is 0 Å². The number of hydrogen-bond acceptors (Lipinski definition) is 2. The van der Waals surface area contributed by atoms with Gasteiger partial charge in [-0.05, 0) is 566 Å². The summed E-state index contributed by atoms with van der Waals surface area (Å²) in [6, 6.07) is 0. The third-order valence-corrected chi connectivity index (χ3v) is 72.1. The predicted molar refractivity (Wildman–Crippen MR) is 426 cm³/mol. The Morgan fingerprint density at radius 2 is 0.595 bits per heavy atom. The molecule has 116 heavy (non-hydrogen) atoms. The van der Waals surface area contributed by atoms with E-state index in [1.807, 2.05) is 0 Å². The van der Waals surface area contributed by atoms with Gasteiger partial charge in [-0.1, -0.05) is 102 Å². The minimum absolute atomic E-state index is 0.138. The number of hydrogen-bond donors (Lipinski definition) is 2. The Kier molecular flexibility index (Phi) is 5.64. The molecule has 96 atom stereocenters. The Morgan fingerprint density at radius 3 is 0.991 bits per heavy atom. The van der Waals surface area contributed by atoms with Crippen molar-refractivity contribution in [2.24, 2.45) is 566 Å². The molecule has 0 heterocycles. The number of aliphatic hydroxyl groups excluding tert-OH is 1. The summed E-state index contributed by atoms with van der Waals surface area (Å²) in [5.74, 6) is 98.2. The maximum Gasteiger partial charge on any atom is 0.0610 e. The average molecular weight is 1650 g/mol. The first-order chi connectivity index (χ1) is 56.9. The van der Waals surface area contributed by atoms with Crippen molar-refractivity contribution in [3.63, 3.8) is 0 Å². The molecule has 54 rings (SSSR count). The number of halogens is 1. The lowest BCUT2D eigenvalue weighted by Crippen LogP contribution is -2.25. The largest absolute Gasteiger partial charge is 0.392 e. The van der Waals surface area contributed by atoms with Crippen molar-refractivity contribution >= 4 is 35.2 Å². The van der Waals surface area contributed by atoms with Crippen LogP contribution in [0.25, 0.3) is 0 Å². The fourth-order valence-corrected chi connectivity index (χ4v) is 68.3. The van der Waals surface area contributed by atoms with E-state index in [1.165, 1.54) is 380 Å². The van der Waals surface area contributed by atoms with E-state index in [4.69, 9.17) is 12.6 Å². The first kappa shape index (κ1) is 54.3. The molecule has 16 spiro atoms. The van der Waals surface area contributed by atoms with Gasteiger partial charge in [0.1, 0.15) is 0 Å². The molecule has 53 fully saturated rings. The lowest BCUT2D eigenvalue weighted by molar-refractivity contribution is 0.0769. The van der Waals surface area contributed by atoms with Gasteiger partial charge in [0.15, 0.2) is 0 Å². The summed E-state index contributed by atoms with van der Waals surface area (Å²) in [7, 11) is 0. The van der Waals surface area contributed by atoms with Gasteiger partial charge in [0.05, 0.1) is 6.10 Å². The van der Waals surface area contributed by atoms with Gasteiger partial charge < -0.3 is 5.11 Å². The van der Waals surface area contributed by atoms with Crippen LogP contribution in [-0.2, 0) is 0 Å². The number of rotatable bonds is 30. The molecule has 96 unspecified atom stereocenters. The van der Waals surface area contributed by atoms with Crippen LogP contribution in [0, 0.1) is 566 Å². The summed E-state index contributed by atoms with van der Waals surface area (Å²) in [6.45, 7) is 22.0. The number of alkyl halides is 1. The summed E-state index contributed by atoms with van der Waals surface area (Å²) in [5, 5.41) is 12.2. The molecule has 0 aromatic heterocycles. The van der Waals surface area contributed by atoms with Gasteiger partial charge in [-0.2, -0.15) is 12.6 Å². The van der Waals surface area contributed by atoms with E-state index in [1.54, 1.807) is 6.42 Å². The van der Waals surface area contributed by atoms with Gasteiger partial charge in [-0.25, -0.2) is 0 Å². The Bertz CT molecular complexity index is 6090. The van der Waals surface area contributed by atoms with E-state index in [0.717, 1.165) is 208 Å². The topological polar surface area (TPSA) is 20.2 Å². The van der Waals surface area contributed by atoms with Crippen LogP contribution < -0.4 is 0 Å². The van der Waals surface area contributed by atoms with E-state index >= 15 is 0 Å². The van der Waals surface area contributed by atoms with E-state index in [-0.39, 0.29) is 6.10 Å². The van der Waals surface area contributed by atoms with Crippen molar-refractivity contribution in [1.82, 2.24) is 0 Å². The summed E-state index contributed by atoms with van der Waals surface area (Å²) in [6.07, 6.45) is 7.66. The van der Waals surface area contributed by atoms with Gasteiger partial charge in [0, 0.05) is 15.1 Å². The van der Waals surface area contributed by atoms with Crippen molar-refractivity contribution in [2.75, 3.05) is 0 Å². The molecule has 0 amide bonds. The van der Waals surface area contributed by atoms with Crippen LogP contribution in [0.1, 0.15) is 74.7 Å². The van der Waals surface area contributed by atoms with Gasteiger partial charge >= 0.3 is 0 Å². The van der Waals surface area contributed by atoms with E-state index < -0.39 is 0 Å². The molecule has 1 N–H and O–H groups in total. The first-order valence-electron chi connectivity index (χ1n) is 55.6. The van der Waals surface area contributed by atoms with Crippen LogP contribution in [0.2, 0.25) is 0 Å². The number of fused-ring (bicyclic) bond motifs is 18. The van der Waals surface area contributed by atoms with Gasteiger partial charge in [-0.3, -0.25) is 0 Å². The number of aliphatic hydroxyl groups is 1. The highest BCUT2D eigenvalue weighted by atomic mass is 127. The Labute approximate surface area is 702 Å². The maximum atomic E-state index is 11.4. The molecule has 0 aliphatic heterocycles.